The Labute approximate surface area is 170 Å². The zero-order valence-electron chi connectivity index (χ0n) is 16.4. The Morgan fingerprint density at radius 1 is 1.14 bits per heavy atom. The van der Waals surface area contributed by atoms with Gasteiger partial charge in [-0.1, -0.05) is 12.1 Å². The molecule has 29 heavy (non-hydrogen) atoms. The number of rotatable bonds is 6. The van der Waals surface area contributed by atoms with Crippen LogP contribution in [0.2, 0.25) is 0 Å². The normalized spacial score (nSPS) is 15.5. The average Bonchev–Trinajstić information content (AvgIpc) is 2.73. The molecule has 156 valence electrons. The first-order valence-electron chi connectivity index (χ1n) is 9.23. The maximum atomic E-state index is 12.1. The van der Waals surface area contributed by atoms with Gasteiger partial charge in [0.25, 0.3) is 0 Å². The molecule has 1 amide bonds. The lowest BCUT2D eigenvalue weighted by Gasteiger charge is -2.29. The van der Waals surface area contributed by atoms with Gasteiger partial charge in [0.2, 0.25) is 10.0 Å². The predicted octanol–water partition coefficient (Wildman–Crippen LogP) is 2.16. The number of carbonyl (C=O) groups is 1. The molecule has 0 aliphatic carbocycles. The van der Waals surface area contributed by atoms with E-state index in [1.807, 2.05) is 0 Å². The molecular formula is C19H24N4O5S. The molecule has 0 saturated carbocycles. The van der Waals surface area contributed by atoms with Gasteiger partial charge in [-0.05, 0) is 36.5 Å². The van der Waals surface area contributed by atoms with Crippen LogP contribution < -0.4 is 4.74 Å². The van der Waals surface area contributed by atoms with E-state index >= 15 is 0 Å². The van der Waals surface area contributed by atoms with E-state index < -0.39 is 16.1 Å². The molecule has 0 atom stereocenters. The van der Waals surface area contributed by atoms with Crippen molar-refractivity contribution in [1.82, 2.24) is 19.2 Å². The first kappa shape index (κ1) is 21.0. The van der Waals surface area contributed by atoms with Crippen LogP contribution in [0.4, 0.5) is 4.79 Å². The van der Waals surface area contributed by atoms with Gasteiger partial charge in [-0.3, -0.25) is 0 Å². The summed E-state index contributed by atoms with van der Waals surface area (Å²) in [6, 6.07) is 6.80. The molecule has 1 saturated heterocycles. The number of hydrogen-bond acceptors (Lipinski definition) is 6. The first-order valence-corrected chi connectivity index (χ1v) is 10.7. The Morgan fingerprint density at radius 2 is 1.72 bits per heavy atom. The highest BCUT2D eigenvalue weighted by Gasteiger charge is 2.23. The molecule has 1 aliphatic rings. The fraction of sp³-hybridized carbons (Fsp3) is 0.421. The van der Waals surface area contributed by atoms with Crippen LogP contribution in [0.5, 0.6) is 6.01 Å². The lowest BCUT2D eigenvalue weighted by molar-refractivity contribution is 0.110. The standard InChI is InChI=1S/C19H24N4O5S/c1-22(2)29(26,27)17-5-3-15(4-6-17)16-11-20-18(21-12-16)28-13-14-7-9-23(10-8-14)19(24)25/h3-6,11-12,14H,7-10,13H2,1-2H3,(H,24,25). The number of hydrogen-bond donors (Lipinski definition) is 1. The summed E-state index contributed by atoms with van der Waals surface area (Å²) in [4.78, 5) is 21.0. The van der Waals surface area contributed by atoms with E-state index in [1.165, 1.54) is 23.3 Å². The number of piperidine rings is 1. The Bertz CT molecular complexity index is 938. The number of likely N-dealkylation sites (tertiary alicyclic amines) is 1. The van der Waals surface area contributed by atoms with Gasteiger partial charge in [0.15, 0.2) is 0 Å². The van der Waals surface area contributed by atoms with Crippen LogP contribution in [0.15, 0.2) is 41.6 Å². The molecule has 1 aliphatic heterocycles. The van der Waals surface area contributed by atoms with Gasteiger partial charge in [0.1, 0.15) is 0 Å². The predicted molar refractivity (Wildman–Crippen MR) is 106 cm³/mol. The zero-order valence-corrected chi connectivity index (χ0v) is 17.2. The number of nitrogens with zero attached hydrogens (tertiary/aromatic N) is 4. The molecule has 1 N–H and O–H groups in total. The second-order valence-electron chi connectivity index (χ2n) is 7.09. The number of ether oxygens (including phenoxy) is 1. The summed E-state index contributed by atoms with van der Waals surface area (Å²) in [5.74, 6) is 0.278. The minimum Gasteiger partial charge on any atom is -0.465 e. The van der Waals surface area contributed by atoms with Crippen LogP contribution in [-0.2, 0) is 10.0 Å². The molecule has 2 heterocycles. The molecule has 9 nitrogen and oxygen atoms in total. The van der Waals surface area contributed by atoms with E-state index in [4.69, 9.17) is 9.84 Å². The first-order chi connectivity index (χ1) is 13.8. The molecule has 3 rings (SSSR count). The fourth-order valence-corrected chi connectivity index (χ4v) is 3.95. The van der Waals surface area contributed by atoms with Gasteiger partial charge in [0.05, 0.1) is 11.5 Å². The van der Waals surface area contributed by atoms with Crippen molar-refractivity contribution in [2.24, 2.45) is 5.92 Å². The number of benzene rings is 1. The Hall–Kier alpha value is -2.72. The van der Waals surface area contributed by atoms with Crippen molar-refractivity contribution in [3.05, 3.63) is 36.7 Å². The van der Waals surface area contributed by atoms with Crippen molar-refractivity contribution in [3.63, 3.8) is 0 Å². The second-order valence-corrected chi connectivity index (χ2v) is 9.24. The lowest BCUT2D eigenvalue weighted by Crippen LogP contribution is -2.38. The van der Waals surface area contributed by atoms with Gasteiger partial charge in [-0.2, -0.15) is 0 Å². The minimum absolute atomic E-state index is 0.223. The third-order valence-electron chi connectivity index (χ3n) is 4.93. The third-order valence-corrected chi connectivity index (χ3v) is 6.76. The molecule has 2 aromatic rings. The largest absolute Gasteiger partial charge is 0.465 e. The highest BCUT2D eigenvalue weighted by molar-refractivity contribution is 7.89. The zero-order chi connectivity index (χ0) is 21.0. The van der Waals surface area contributed by atoms with Crippen LogP contribution in [0, 0.1) is 5.92 Å². The number of aromatic nitrogens is 2. The van der Waals surface area contributed by atoms with E-state index in [0.29, 0.717) is 19.7 Å². The smallest absolute Gasteiger partial charge is 0.407 e. The van der Waals surface area contributed by atoms with Crippen LogP contribution in [0.1, 0.15) is 12.8 Å². The third kappa shape index (κ3) is 5.01. The summed E-state index contributed by atoms with van der Waals surface area (Å²) >= 11 is 0. The van der Waals surface area contributed by atoms with Crippen molar-refractivity contribution in [1.29, 1.82) is 0 Å². The summed E-state index contributed by atoms with van der Waals surface area (Å²) in [6.45, 7) is 1.48. The molecule has 0 bridgehead atoms. The molecular weight excluding hydrogens is 396 g/mol. The molecule has 1 aromatic heterocycles. The van der Waals surface area contributed by atoms with Gasteiger partial charge in [0, 0.05) is 45.1 Å². The van der Waals surface area contributed by atoms with E-state index in [0.717, 1.165) is 24.0 Å². The van der Waals surface area contributed by atoms with Crippen molar-refractivity contribution >= 4 is 16.1 Å². The SMILES string of the molecule is CN(C)S(=O)(=O)c1ccc(-c2cnc(OCC3CCN(C(=O)O)CC3)nc2)cc1. The summed E-state index contributed by atoms with van der Waals surface area (Å²) in [6.07, 6.45) is 3.89. The van der Waals surface area contributed by atoms with Crippen LogP contribution in [-0.4, -0.2) is 72.6 Å². The number of carboxylic acid groups (broad SMARTS) is 1. The minimum atomic E-state index is -3.46. The number of sulfonamides is 1. The molecule has 1 aromatic carbocycles. The van der Waals surface area contributed by atoms with Gasteiger partial charge < -0.3 is 14.7 Å². The maximum absolute atomic E-state index is 12.1. The Balaban J connectivity index is 1.57. The summed E-state index contributed by atoms with van der Waals surface area (Å²) in [5.41, 5.74) is 1.55. The van der Waals surface area contributed by atoms with Crippen LogP contribution >= 0.6 is 0 Å². The van der Waals surface area contributed by atoms with Gasteiger partial charge >= 0.3 is 12.1 Å². The van der Waals surface area contributed by atoms with Crippen molar-refractivity contribution in [3.8, 4) is 17.1 Å². The molecule has 10 heteroatoms. The highest BCUT2D eigenvalue weighted by atomic mass is 32.2. The van der Waals surface area contributed by atoms with Crippen molar-refractivity contribution in [2.75, 3.05) is 33.8 Å². The molecule has 1 fully saturated rings. The van der Waals surface area contributed by atoms with E-state index in [9.17, 15) is 13.2 Å². The van der Waals surface area contributed by atoms with E-state index in [1.54, 1.807) is 36.7 Å². The van der Waals surface area contributed by atoms with Crippen LogP contribution in [0.3, 0.4) is 0 Å². The molecule has 0 radical (unpaired) electrons. The highest BCUT2D eigenvalue weighted by Crippen LogP contribution is 2.23. The quantitative estimate of drug-likeness (QED) is 0.762. The van der Waals surface area contributed by atoms with Crippen molar-refractivity contribution < 1.29 is 23.1 Å². The fourth-order valence-electron chi connectivity index (χ4n) is 3.05. The summed E-state index contributed by atoms with van der Waals surface area (Å²) in [7, 11) is -0.480. The van der Waals surface area contributed by atoms with E-state index in [-0.39, 0.29) is 16.8 Å². The lowest BCUT2D eigenvalue weighted by atomic mass is 9.98. The summed E-state index contributed by atoms with van der Waals surface area (Å²) < 4.78 is 31.1. The maximum Gasteiger partial charge on any atom is 0.407 e. The topological polar surface area (TPSA) is 113 Å². The molecule has 0 spiro atoms. The van der Waals surface area contributed by atoms with E-state index in [2.05, 4.69) is 9.97 Å². The monoisotopic (exact) mass is 420 g/mol. The average molecular weight is 420 g/mol. The Kier molecular flexibility index (Phi) is 6.33. The Morgan fingerprint density at radius 3 is 2.24 bits per heavy atom. The van der Waals surface area contributed by atoms with Gasteiger partial charge in [-0.25, -0.2) is 27.5 Å². The van der Waals surface area contributed by atoms with Gasteiger partial charge in [-0.15, -0.1) is 0 Å². The summed E-state index contributed by atoms with van der Waals surface area (Å²) in [5, 5.41) is 8.97. The molecule has 0 unspecified atom stereocenters. The second kappa shape index (κ2) is 8.75. The number of amides is 1. The van der Waals surface area contributed by atoms with Crippen molar-refractivity contribution in [2.45, 2.75) is 17.7 Å². The van der Waals surface area contributed by atoms with Crippen LogP contribution in [0.25, 0.3) is 11.1 Å².